The number of hydrogen-bond donors (Lipinski definition) is 1. The maximum atomic E-state index is 10.5. The molecule has 1 aromatic rings. The molecule has 4 nitrogen and oxygen atoms in total. The summed E-state index contributed by atoms with van der Waals surface area (Å²) in [6.45, 7) is 9.42. The van der Waals surface area contributed by atoms with Crippen LogP contribution in [0.4, 0.5) is 5.82 Å². The molecule has 0 radical (unpaired) electrons. The Morgan fingerprint density at radius 3 is 2.68 bits per heavy atom. The van der Waals surface area contributed by atoms with E-state index in [1.807, 2.05) is 13.0 Å². The number of carboxylic acids is 1. The van der Waals surface area contributed by atoms with Crippen molar-refractivity contribution < 1.29 is 9.90 Å². The molecule has 0 aromatic carbocycles. The molecule has 0 atom stereocenters. The van der Waals surface area contributed by atoms with Gasteiger partial charge in [0.1, 0.15) is 5.82 Å². The van der Waals surface area contributed by atoms with E-state index in [2.05, 4.69) is 30.7 Å². The van der Waals surface area contributed by atoms with Gasteiger partial charge in [0, 0.05) is 24.9 Å². The van der Waals surface area contributed by atoms with Crippen LogP contribution in [0.5, 0.6) is 0 Å². The molecular weight excluding hydrogens is 240 g/mol. The van der Waals surface area contributed by atoms with Gasteiger partial charge in [0.2, 0.25) is 0 Å². The van der Waals surface area contributed by atoms with Crippen LogP contribution in [0, 0.1) is 6.92 Å². The predicted octanol–water partition coefficient (Wildman–Crippen LogP) is 3.11. The van der Waals surface area contributed by atoms with Crippen LogP contribution < -0.4 is 4.90 Å². The fraction of sp³-hybridized carbons (Fsp3) is 0.467. The van der Waals surface area contributed by atoms with Crippen LogP contribution in [0.25, 0.3) is 6.08 Å². The lowest BCUT2D eigenvalue weighted by atomic mass is 10.1. The summed E-state index contributed by atoms with van der Waals surface area (Å²) in [5, 5.41) is 8.61. The molecule has 104 valence electrons. The van der Waals surface area contributed by atoms with E-state index in [0.29, 0.717) is 6.04 Å². The van der Waals surface area contributed by atoms with Gasteiger partial charge in [-0.25, -0.2) is 9.78 Å². The minimum absolute atomic E-state index is 0.395. The quantitative estimate of drug-likeness (QED) is 0.800. The third-order valence-electron chi connectivity index (χ3n) is 2.85. The average molecular weight is 262 g/mol. The molecule has 0 fully saturated rings. The van der Waals surface area contributed by atoms with Gasteiger partial charge >= 0.3 is 5.97 Å². The first-order valence-electron chi connectivity index (χ1n) is 6.60. The third-order valence-corrected chi connectivity index (χ3v) is 2.85. The summed E-state index contributed by atoms with van der Waals surface area (Å²) < 4.78 is 0. The zero-order chi connectivity index (χ0) is 14.4. The molecule has 19 heavy (non-hydrogen) atoms. The SMILES string of the molecule is CCCN(c1ncc(/C=C/C(=O)O)cc1C)C(C)C. The number of anilines is 1. The topological polar surface area (TPSA) is 53.4 Å². The maximum Gasteiger partial charge on any atom is 0.328 e. The number of carboxylic acid groups (broad SMARTS) is 1. The molecule has 0 saturated carbocycles. The summed E-state index contributed by atoms with van der Waals surface area (Å²) in [5.41, 5.74) is 1.87. The molecule has 0 amide bonds. The number of nitrogens with zero attached hydrogens (tertiary/aromatic N) is 2. The van der Waals surface area contributed by atoms with Crippen molar-refractivity contribution in [3.8, 4) is 0 Å². The van der Waals surface area contributed by atoms with Gasteiger partial charge in [-0.3, -0.25) is 0 Å². The summed E-state index contributed by atoms with van der Waals surface area (Å²) in [6.07, 6.45) is 5.47. The number of aromatic nitrogens is 1. The van der Waals surface area contributed by atoms with Crippen molar-refractivity contribution in [1.82, 2.24) is 4.98 Å². The lowest BCUT2D eigenvalue weighted by Gasteiger charge is -2.28. The molecule has 1 heterocycles. The molecular formula is C15H22N2O2. The van der Waals surface area contributed by atoms with Crippen molar-refractivity contribution in [3.63, 3.8) is 0 Å². The fourth-order valence-electron chi connectivity index (χ4n) is 2.00. The Hall–Kier alpha value is -1.84. The molecule has 0 bridgehead atoms. The van der Waals surface area contributed by atoms with Crippen LogP contribution in [0.1, 0.15) is 38.3 Å². The summed E-state index contributed by atoms with van der Waals surface area (Å²) >= 11 is 0. The second kappa shape index (κ2) is 6.92. The van der Waals surface area contributed by atoms with Gasteiger partial charge < -0.3 is 10.0 Å². The van der Waals surface area contributed by atoms with E-state index in [1.54, 1.807) is 12.3 Å². The minimum atomic E-state index is -0.948. The zero-order valence-corrected chi connectivity index (χ0v) is 12.1. The Bertz CT molecular complexity index is 467. The average Bonchev–Trinajstić information content (AvgIpc) is 2.34. The molecule has 0 aliphatic carbocycles. The Morgan fingerprint density at radius 1 is 1.53 bits per heavy atom. The largest absolute Gasteiger partial charge is 0.478 e. The van der Waals surface area contributed by atoms with E-state index in [9.17, 15) is 4.79 Å². The van der Waals surface area contributed by atoms with Gasteiger partial charge in [0.25, 0.3) is 0 Å². The lowest BCUT2D eigenvalue weighted by molar-refractivity contribution is -0.131. The summed E-state index contributed by atoms with van der Waals surface area (Å²) in [7, 11) is 0. The van der Waals surface area contributed by atoms with Crippen LogP contribution in [0.15, 0.2) is 18.3 Å². The highest BCUT2D eigenvalue weighted by atomic mass is 16.4. The Balaban J connectivity index is 3.01. The molecule has 4 heteroatoms. The van der Waals surface area contributed by atoms with E-state index in [1.165, 1.54) is 0 Å². The summed E-state index contributed by atoms with van der Waals surface area (Å²) in [6, 6.07) is 2.36. The highest BCUT2D eigenvalue weighted by Crippen LogP contribution is 2.21. The molecule has 0 aliphatic rings. The highest BCUT2D eigenvalue weighted by Gasteiger charge is 2.13. The Morgan fingerprint density at radius 2 is 2.21 bits per heavy atom. The van der Waals surface area contributed by atoms with Gasteiger partial charge in [-0.2, -0.15) is 0 Å². The molecule has 1 aromatic heterocycles. The van der Waals surface area contributed by atoms with Gasteiger partial charge in [0.05, 0.1) is 0 Å². The van der Waals surface area contributed by atoms with E-state index in [0.717, 1.165) is 36.0 Å². The number of aliphatic carboxylic acids is 1. The molecule has 0 unspecified atom stereocenters. The molecule has 0 aliphatic heterocycles. The first kappa shape index (κ1) is 15.2. The van der Waals surface area contributed by atoms with E-state index >= 15 is 0 Å². The fourth-order valence-corrected chi connectivity index (χ4v) is 2.00. The zero-order valence-electron chi connectivity index (χ0n) is 12.1. The number of pyridine rings is 1. The first-order chi connectivity index (χ1) is 8.95. The Kier molecular flexibility index (Phi) is 5.55. The molecule has 0 spiro atoms. The van der Waals surface area contributed by atoms with Crippen LogP contribution in [-0.2, 0) is 4.79 Å². The second-order valence-electron chi connectivity index (χ2n) is 4.87. The molecule has 1 rings (SSSR count). The lowest BCUT2D eigenvalue weighted by Crippen LogP contribution is -2.32. The van der Waals surface area contributed by atoms with Crippen molar-refractivity contribution in [2.24, 2.45) is 0 Å². The van der Waals surface area contributed by atoms with Gasteiger partial charge in [-0.15, -0.1) is 0 Å². The maximum absolute atomic E-state index is 10.5. The van der Waals surface area contributed by atoms with Crippen LogP contribution in [0.3, 0.4) is 0 Å². The van der Waals surface area contributed by atoms with Crippen molar-refractivity contribution in [1.29, 1.82) is 0 Å². The van der Waals surface area contributed by atoms with Crippen molar-refractivity contribution >= 4 is 17.9 Å². The van der Waals surface area contributed by atoms with Crippen LogP contribution >= 0.6 is 0 Å². The van der Waals surface area contributed by atoms with E-state index < -0.39 is 5.97 Å². The van der Waals surface area contributed by atoms with Gasteiger partial charge in [-0.05, 0) is 50.5 Å². The van der Waals surface area contributed by atoms with E-state index in [-0.39, 0.29) is 0 Å². The van der Waals surface area contributed by atoms with Crippen molar-refractivity contribution in [3.05, 3.63) is 29.5 Å². The molecule has 0 saturated heterocycles. The Labute approximate surface area is 114 Å². The highest BCUT2D eigenvalue weighted by molar-refractivity contribution is 5.85. The number of aryl methyl sites for hydroxylation is 1. The first-order valence-corrected chi connectivity index (χ1v) is 6.60. The number of hydrogen-bond acceptors (Lipinski definition) is 3. The van der Waals surface area contributed by atoms with Crippen molar-refractivity contribution in [2.75, 3.05) is 11.4 Å². The third kappa shape index (κ3) is 4.39. The predicted molar refractivity (Wildman–Crippen MR) is 78.4 cm³/mol. The smallest absolute Gasteiger partial charge is 0.328 e. The van der Waals surface area contributed by atoms with Crippen LogP contribution in [0.2, 0.25) is 0 Å². The van der Waals surface area contributed by atoms with Crippen LogP contribution in [-0.4, -0.2) is 28.6 Å². The van der Waals surface area contributed by atoms with Crippen molar-refractivity contribution in [2.45, 2.75) is 40.2 Å². The summed E-state index contributed by atoms with van der Waals surface area (Å²) in [5.74, 6) is 0.0286. The normalized spacial score (nSPS) is 11.2. The number of rotatable bonds is 6. The second-order valence-corrected chi connectivity index (χ2v) is 4.87. The number of carbonyl (C=O) groups is 1. The van der Waals surface area contributed by atoms with Gasteiger partial charge in [-0.1, -0.05) is 6.92 Å². The van der Waals surface area contributed by atoms with E-state index in [4.69, 9.17) is 5.11 Å². The standard InChI is InChI=1S/C15H22N2O2/c1-5-8-17(11(2)3)15-12(4)9-13(10-16-15)6-7-14(18)19/h6-7,9-11H,5,8H2,1-4H3,(H,18,19)/b7-6+. The van der Waals surface area contributed by atoms with Gasteiger partial charge in [0.15, 0.2) is 0 Å². The minimum Gasteiger partial charge on any atom is -0.478 e. The summed E-state index contributed by atoms with van der Waals surface area (Å²) in [4.78, 5) is 17.2. The molecule has 1 N–H and O–H groups in total. The monoisotopic (exact) mass is 262 g/mol.